The molecule has 1 aromatic heterocycles. The first-order valence-electron chi connectivity index (χ1n) is 4.49. The number of sulfonamides is 1. The molecule has 0 atom stereocenters. The lowest BCUT2D eigenvalue weighted by atomic mass is 10.4. The highest BCUT2D eigenvalue weighted by Gasteiger charge is 2.18. The molecular weight excluding hydrogens is 390 g/mol. The van der Waals surface area contributed by atoms with E-state index in [4.69, 9.17) is 0 Å². The van der Waals surface area contributed by atoms with Crippen LogP contribution in [0.5, 0.6) is 0 Å². The van der Waals surface area contributed by atoms with E-state index >= 15 is 0 Å². The van der Waals surface area contributed by atoms with Crippen molar-refractivity contribution in [3.63, 3.8) is 0 Å². The van der Waals surface area contributed by atoms with Gasteiger partial charge in [-0.2, -0.15) is 11.3 Å². The van der Waals surface area contributed by atoms with Crippen LogP contribution in [0.25, 0.3) is 0 Å². The molecule has 0 saturated carbocycles. The first-order chi connectivity index (χ1) is 7.99. The molecule has 1 heterocycles. The van der Waals surface area contributed by atoms with Crippen LogP contribution in [0.4, 0.5) is 5.69 Å². The number of nitrogens with one attached hydrogen (secondary N) is 1. The summed E-state index contributed by atoms with van der Waals surface area (Å²) >= 11 is 7.92. The highest BCUT2D eigenvalue weighted by Crippen LogP contribution is 2.27. The van der Waals surface area contributed by atoms with Gasteiger partial charge in [-0.1, -0.05) is 15.9 Å². The van der Waals surface area contributed by atoms with Gasteiger partial charge in [0.2, 0.25) is 0 Å². The summed E-state index contributed by atoms with van der Waals surface area (Å²) < 4.78 is 28.0. The summed E-state index contributed by atoms with van der Waals surface area (Å²) in [5.41, 5.74) is 0.571. The Kier molecular flexibility index (Phi) is 3.92. The van der Waals surface area contributed by atoms with Gasteiger partial charge in [-0.15, -0.1) is 0 Å². The molecule has 3 nitrogen and oxygen atoms in total. The number of hydrogen-bond donors (Lipinski definition) is 1. The van der Waals surface area contributed by atoms with E-state index in [9.17, 15) is 8.42 Å². The van der Waals surface area contributed by atoms with Gasteiger partial charge in [0.15, 0.2) is 0 Å². The second-order valence-corrected chi connectivity index (χ2v) is 7.39. The van der Waals surface area contributed by atoms with Crippen molar-refractivity contribution < 1.29 is 8.42 Å². The van der Waals surface area contributed by atoms with E-state index in [0.717, 1.165) is 0 Å². The zero-order chi connectivity index (χ0) is 12.5. The number of rotatable bonds is 3. The molecule has 0 fully saturated rings. The Morgan fingerprint density at radius 3 is 2.59 bits per heavy atom. The summed E-state index contributed by atoms with van der Waals surface area (Å²) in [4.78, 5) is 0.207. The highest BCUT2D eigenvalue weighted by molar-refractivity contribution is 9.11. The Hall–Kier alpha value is -0.370. The standard InChI is InChI=1S/C10H7Br2NO2S2/c11-7-1-2-9(12)10(5-7)17(14,15)13-8-3-4-16-6-8/h1-6,13H. The zero-order valence-electron chi connectivity index (χ0n) is 8.35. The molecule has 1 aromatic carbocycles. The van der Waals surface area contributed by atoms with Gasteiger partial charge in [-0.3, -0.25) is 4.72 Å². The molecule has 0 amide bonds. The quantitative estimate of drug-likeness (QED) is 0.849. The molecule has 0 radical (unpaired) electrons. The number of thiophene rings is 1. The third-order valence-electron chi connectivity index (χ3n) is 1.96. The van der Waals surface area contributed by atoms with Gasteiger partial charge in [-0.05, 0) is 45.6 Å². The Bertz CT molecular complexity index is 624. The fourth-order valence-electron chi connectivity index (χ4n) is 1.22. The minimum absolute atomic E-state index is 0.207. The minimum Gasteiger partial charge on any atom is -0.279 e. The van der Waals surface area contributed by atoms with Gasteiger partial charge in [0, 0.05) is 14.3 Å². The number of hydrogen-bond acceptors (Lipinski definition) is 3. The monoisotopic (exact) mass is 395 g/mol. The van der Waals surface area contributed by atoms with Crippen molar-refractivity contribution in [2.24, 2.45) is 0 Å². The van der Waals surface area contributed by atoms with E-state index in [-0.39, 0.29) is 4.90 Å². The molecule has 0 aliphatic rings. The second-order valence-electron chi connectivity index (χ2n) is 3.19. The summed E-state index contributed by atoms with van der Waals surface area (Å²) in [6.45, 7) is 0. The van der Waals surface area contributed by atoms with Crippen molar-refractivity contribution in [2.75, 3.05) is 4.72 Å². The maximum Gasteiger partial charge on any atom is 0.263 e. The van der Waals surface area contributed by atoms with Crippen molar-refractivity contribution in [1.29, 1.82) is 0 Å². The Morgan fingerprint density at radius 1 is 1.18 bits per heavy atom. The van der Waals surface area contributed by atoms with E-state index in [1.54, 1.807) is 29.6 Å². The molecule has 0 aliphatic heterocycles. The summed E-state index contributed by atoms with van der Waals surface area (Å²) in [6.07, 6.45) is 0. The summed E-state index contributed by atoms with van der Waals surface area (Å²) in [7, 11) is -3.56. The highest BCUT2D eigenvalue weighted by atomic mass is 79.9. The first kappa shape index (κ1) is 13.1. The van der Waals surface area contributed by atoms with Crippen LogP contribution in [0, 0.1) is 0 Å². The average molecular weight is 397 g/mol. The van der Waals surface area contributed by atoms with Gasteiger partial charge in [0.1, 0.15) is 4.90 Å². The van der Waals surface area contributed by atoms with Crippen LogP contribution >= 0.6 is 43.2 Å². The molecule has 2 aromatic rings. The van der Waals surface area contributed by atoms with Crippen LogP contribution in [-0.4, -0.2) is 8.42 Å². The number of anilines is 1. The molecule has 0 bridgehead atoms. The smallest absolute Gasteiger partial charge is 0.263 e. The van der Waals surface area contributed by atoms with E-state index in [0.29, 0.717) is 14.6 Å². The molecule has 90 valence electrons. The fourth-order valence-corrected chi connectivity index (χ4v) is 4.43. The molecule has 2 rings (SSSR count). The van der Waals surface area contributed by atoms with Crippen molar-refractivity contribution >= 4 is 58.9 Å². The lowest BCUT2D eigenvalue weighted by molar-refractivity contribution is 0.600. The predicted molar refractivity (Wildman–Crippen MR) is 77.0 cm³/mol. The van der Waals surface area contributed by atoms with Crippen molar-refractivity contribution in [3.05, 3.63) is 44.0 Å². The van der Waals surface area contributed by atoms with E-state index in [2.05, 4.69) is 36.6 Å². The van der Waals surface area contributed by atoms with E-state index < -0.39 is 10.0 Å². The van der Waals surface area contributed by atoms with Crippen LogP contribution in [0.1, 0.15) is 0 Å². The fraction of sp³-hybridized carbons (Fsp3) is 0. The van der Waals surface area contributed by atoms with Gasteiger partial charge in [-0.25, -0.2) is 8.42 Å². The summed E-state index contributed by atoms with van der Waals surface area (Å²) in [6, 6.07) is 6.73. The summed E-state index contributed by atoms with van der Waals surface area (Å²) in [5.74, 6) is 0. The maximum absolute atomic E-state index is 12.1. The molecule has 7 heteroatoms. The van der Waals surface area contributed by atoms with Gasteiger partial charge in [0.25, 0.3) is 10.0 Å². The molecule has 1 N–H and O–H groups in total. The second kappa shape index (κ2) is 5.09. The lowest BCUT2D eigenvalue weighted by Crippen LogP contribution is -2.13. The van der Waals surface area contributed by atoms with Crippen LogP contribution in [0.2, 0.25) is 0 Å². The summed E-state index contributed by atoms with van der Waals surface area (Å²) in [5, 5.41) is 3.55. The molecule has 0 unspecified atom stereocenters. The van der Waals surface area contributed by atoms with Crippen molar-refractivity contribution in [2.45, 2.75) is 4.90 Å². The normalized spacial score (nSPS) is 11.4. The average Bonchev–Trinajstić information content (AvgIpc) is 2.73. The van der Waals surface area contributed by atoms with E-state index in [1.807, 2.05) is 5.38 Å². The van der Waals surface area contributed by atoms with Crippen LogP contribution in [0.3, 0.4) is 0 Å². The third-order valence-corrected chi connectivity index (χ3v) is 5.51. The lowest BCUT2D eigenvalue weighted by Gasteiger charge is -2.08. The van der Waals surface area contributed by atoms with E-state index in [1.165, 1.54) is 11.3 Å². The maximum atomic E-state index is 12.1. The Morgan fingerprint density at radius 2 is 1.94 bits per heavy atom. The van der Waals surface area contributed by atoms with Gasteiger partial charge < -0.3 is 0 Å². The zero-order valence-corrected chi connectivity index (χ0v) is 13.2. The first-order valence-corrected chi connectivity index (χ1v) is 8.50. The van der Waals surface area contributed by atoms with Crippen molar-refractivity contribution in [3.8, 4) is 0 Å². The third kappa shape index (κ3) is 3.09. The number of benzene rings is 1. The predicted octanol–water partition coefficient (Wildman–Crippen LogP) is 4.07. The Balaban J connectivity index is 2.41. The van der Waals surface area contributed by atoms with Crippen LogP contribution in [0.15, 0.2) is 48.9 Å². The van der Waals surface area contributed by atoms with Crippen LogP contribution < -0.4 is 4.72 Å². The molecule has 17 heavy (non-hydrogen) atoms. The molecule has 0 saturated heterocycles. The SMILES string of the molecule is O=S(=O)(Nc1ccsc1)c1cc(Br)ccc1Br. The van der Waals surface area contributed by atoms with Crippen molar-refractivity contribution in [1.82, 2.24) is 0 Å². The molecular formula is C10H7Br2NO2S2. The van der Waals surface area contributed by atoms with Crippen LogP contribution in [-0.2, 0) is 10.0 Å². The van der Waals surface area contributed by atoms with Gasteiger partial charge >= 0.3 is 0 Å². The number of halogens is 2. The largest absolute Gasteiger partial charge is 0.279 e. The minimum atomic E-state index is -3.56. The molecule has 0 aliphatic carbocycles. The topological polar surface area (TPSA) is 46.2 Å². The Labute approximate surface area is 120 Å². The molecule has 0 spiro atoms. The van der Waals surface area contributed by atoms with Gasteiger partial charge in [0.05, 0.1) is 5.69 Å².